The molecule has 62 valence electrons. The van der Waals surface area contributed by atoms with Gasteiger partial charge in [0.1, 0.15) is 0 Å². The molecule has 0 fully saturated rings. The highest BCUT2D eigenvalue weighted by molar-refractivity contribution is 5.91. The van der Waals surface area contributed by atoms with Gasteiger partial charge < -0.3 is 5.32 Å². The highest BCUT2D eigenvalue weighted by atomic mass is 16.1. The van der Waals surface area contributed by atoms with Crippen molar-refractivity contribution >= 4 is 5.78 Å². The van der Waals surface area contributed by atoms with Gasteiger partial charge in [0.05, 0.1) is 0 Å². The van der Waals surface area contributed by atoms with E-state index in [-0.39, 0.29) is 5.78 Å². The lowest BCUT2D eigenvalue weighted by molar-refractivity contribution is -0.115. The molecule has 0 aromatic carbocycles. The number of carbonyl (C=O) groups excluding carboxylic acids is 1. The fourth-order valence-corrected chi connectivity index (χ4v) is 1.28. The van der Waals surface area contributed by atoms with Crippen LogP contribution in [0.25, 0.3) is 0 Å². The molecule has 2 nitrogen and oxygen atoms in total. The van der Waals surface area contributed by atoms with Gasteiger partial charge in [0.15, 0.2) is 5.78 Å². The van der Waals surface area contributed by atoms with Gasteiger partial charge in [0, 0.05) is 24.2 Å². The fourth-order valence-electron chi connectivity index (χ4n) is 1.28. The van der Waals surface area contributed by atoms with E-state index < -0.39 is 0 Å². The number of hydrogen-bond acceptors (Lipinski definition) is 2. The van der Waals surface area contributed by atoms with Crippen LogP contribution in [0.3, 0.4) is 0 Å². The average Bonchev–Trinajstić information content (AvgIpc) is 1.85. The number of allylic oxidation sites excluding steroid dienone is 2. The van der Waals surface area contributed by atoms with Crippen LogP contribution in [0.5, 0.6) is 0 Å². The van der Waals surface area contributed by atoms with Gasteiger partial charge in [-0.1, -0.05) is 0 Å². The Labute approximate surface area is 67.7 Å². The zero-order valence-corrected chi connectivity index (χ0v) is 7.18. The summed E-state index contributed by atoms with van der Waals surface area (Å²) >= 11 is 0. The van der Waals surface area contributed by atoms with E-state index >= 15 is 0 Å². The summed E-state index contributed by atoms with van der Waals surface area (Å²) in [5, 5.41) is 3.25. The minimum Gasteiger partial charge on any atom is -0.386 e. The number of nitrogens with one attached hydrogen (secondary N) is 1. The van der Waals surface area contributed by atoms with Crippen LogP contribution in [0, 0.1) is 0 Å². The molecule has 1 aliphatic rings. The van der Waals surface area contributed by atoms with Crippen LogP contribution in [-0.4, -0.2) is 11.8 Å². The Morgan fingerprint density at radius 3 is 2.73 bits per heavy atom. The smallest absolute Gasteiger partial charge is 0.157 e. The van der Waals surface area contributed by atoms with Gasteiger partial charge in [-0.3, -0.25) is 4.79 Å². The molecular formula is C9H15NO. The summed E-state index contributed by atoms with van der Waals surface area (Å²) in [7, 11) is 0. The van der Waals surface area contributed by atoms with Gasteiger partial charge in [0.25, 0.3) is 0 Å². The molecule has 0 radical (unpaired) electrons. The molecule has 11 heavy (non-hydrogen) atoms. The second-order valence-corrected chi connectivity index (χ2v) is 3.29. The Bertz CT molecular complexity index is 182. The van der Waals surface area contributed by atoms with Crippen molar-refractivity contribution in [3.8, 4) is 0 Å². The Morgan fingerprint density at radius 2 is 2.18 bits per heavy atom. The number of rotatable bonds is 2. The van der Waals surface area contributed by atoms with Crippen molar-refractivity contribution in [2.45, 2.75) is 39.2 Å². The minimum atomic E-state index is 0.263. The van der Waals surface area contributed by atoms with Gasteiger partial charge in [0.2, 0.25) is 0 Å². The van der Waals surface area contributed by atoms with Crippen molar-refractivity contribution < 1.29 is 4.79 Å². The molecule has 0 spiro atoms. The minimum absolute atomic E-state index is 0.263. The Kier molecular flexibility index (Phi) is 2.69. The average molecular weight is 153 g/mol. The Hall–Kier alpha value is -0.790. The lowest BCUT2D eigenvalue weighted by atomic mass is 10.0. The lowest BCUT2D eigenvalue weighted by Crippen LogP contribution is -2.24. The zero-order valence-electron chi connectivity index (χ0n) is 7.18. The van der Waals surface area contributed by atoms with E-state index in [4.69, 9.17) is 0 Å². The summed E-state index contributed by atoms with van der Waals surface area (Å²) in [5.41, 5.74) is 1.11. The molecule has 2 heteroatoms. The van der Waals surface area contributed by atoms with Crippen molar-refractivity contribution in [2.24, 2.45) is 0 Å². The topological polar surface area (TPSA) is 29.1 Å². The quantitative estimate of drug-likeness (QED) is 0.653. The Morgan fingerprint density at radius 1 is 1.45 bits per heavy atom. The first-order valence-corrected chi connectivity index (χ1v) is 4.18. The number of hydrogen-bond donors (Lipinski definition) is 1. The lowest BCUT2D eigenvalue weighted by Gasteiger charge is -2.16. The molecule has 0 aliphatic heterocycles. The largest absolute Gasteiger partial charge is 0.386 e. The van der Waals surface area contributed by atoms with E-state index in [2.05, 4.69) is 19.2 Å². The predicted octanol–water partition coefficient (Wildman–Crippen LogP) is 1.62. The summed E-state index contributed by atoms with van der Waals surface area (Å²) in [6.45, 7) is 4.17. The summed E-state index contributed by atoms with van der Waals surface area (Å²) in [6.07, 6.45) is 4.50. The van der Waals surface area contributed by atoms with E-state index in [0.717, 1.165) is 25.0 Å². The molecular weight excluding hydrogens is 138 g/mol. The van der Waals surface area contributed by atoms with E-state index in [0.29, 0.717) is 6.04 Å². The monoisotopic (exact) mass is 153 g/mol. The van der Waals surface area contributed by atoms with Crippen LogP contribution >= 0.6 is 0 Å². The molecule has 0 heterocycles. The molecule has 1 rings (SSSR count). The van der Waals surface area contributed by atoms with Crippen molar-refractivity contribution in [1.82, 2.24) is 5.32 Å². The molecule has 0 aromatic rings. The van der Waals surface area contributed by atoms with Crippen molar-refractivity contribution in [1.29, 1.82) is 0 Å². The third-order valence-electron chi connectivity index (χ3n) is 1.68. The van der Waals surface area contributed by atoms with Gasteiger partial charge >= 0.3 is 0 Å². The maximum atomic E-state index is 10.9. The third-order valence-corrected chi connectivity index (χ3v) is 1.68. The van der Waals surface area contributed by atoms with Gasteiger partial charge in [-0.05, 0) is 26.7 Å². The second kappa shape index (κ2) is 3.56. The standard InChI is InChI=1S/C9H15NO/c1-7(2)10-8-4-3-5-9(11)6-8/h6-7,10H,3-5H2,1-2H3. The normalized spacial score (nSPS) is 18.5. The summed E-state index contributed by atoms with van der Waals surface area (Å²) in [4.78, 5) is 10.9. The molecule has 0 unspecified atom stereocenters. The first-order valence-electron chi connectivity index (χ1n) is 4.18. The van der Waals surface area contributed by atoms with E-state index in [1.54, 1.807) is 6.08 Å². The van der Waals surface area contributed by atoms with Crippen molar-refractivity contribution in [3.63, 3.8) is 0 Å². The molecule has 0 saturated carbocycles. The summed E-state index contributed by atoms with van der Waals surface area (Å²) in [6, 6.07) is 0.437. The molecule has 0 amide bonds. The second-order valence-electron chi connectivity index (χ2n) is 3.29. The van der Waals surface area contributed by atoms with Crippen molar-refractivity contribution in [3.05, 3.63) is 11.8 Å². The van der Waals surface area contributed by atoms with Gasteiger partial charge in [-0.2, -0.15) is 0 Å². The molecule has 0 atom stereocenters. The van der Waals surface area contributed by atoms with Gasteiger partial charge in [-0.25, -0.2) is 0 Å². The molecule has 0 saturated heterocycles. The van der Waals surface area contributed by atoms with Crippen LogP contribution in [0.2, 0.25) is 0 Å². The maximum Gasteiger partial charge on any atom is 0.157 e. The van der Waals surface area contributed by atoms with Crippen LogP contribution in [0.4, 0.5) is 0 Å². The van der Waals surface area contributed by atoms with E-state index in [1.165, 1.54) is 0 Å². The molecule has 0 aromatic heterocycles. The predicted molar refractivity (Wildman–Crippen MR) is 45.2 cm³/mol. The summed E-state index contributed by atoms with van der Waals surface area (Å²) < 4.78 is 0. The maximum absolute atomic E-state index is 10.9. The van der Waals surface area contributed by atoms with E-state index in [1.807, 2.05) is 0 Å². The van der Waals surface area contributed by atoms with Crippen molar-refractivity contribution in [2.75, 3.05) is 0 Å². The first-order chi connectivity index (χ1) is 5.18. The van der Waals surface area contributed by atoms with Crippen LogP contribution in [0.15, 0.2) is 11.8 Å². The first kappa shape index (κ1) is 8.31. The van der Waals surface area contributed by atoms with Crippen LogP contribution in [0.1, 0.15) is 33.1 Å². The molecule has 1 N–H and O–H groups in total. The summed E-state index contributed by atoms with van der Waals surface area (Å²) in [5.74, 6) is 0.263. The van der Waals surface area contributed by atoms with Gasteiger partial charge in [-0.15, -0.1) is 0 Å². The molecule has 0 bridgehead atoms. The zero-order chi connectivity index (χ0) is 8.27. The Balaban J connectivity index is 2.50. The number of carbonyl (C=O) groups is 1. The third kappa shape index (κ3) is 2.74. The van der Waals surface area contributed by atoms with Crippen LogP contribution in [-0.2, 0) is 4.79 Å². The highest BCUT2D eigenvalue weighted by Gasteiger charge is 2.09. The fraction of sp³-hybridized carbons (Fsp3) is 0.667. The molecule has 1 aliphatic carbocycles. The van der Waals surface area contributed by atoms with Crippen LogP contribution < -0.4 is 5.32 Å². The highest BCUT2D eigenvalue weighted by Crippen LogP contribution is 2.12. The van der Waals surface area contributed by atoms with E-state index in [9.17, 15) is 4.79 Å². The SMILES string of the molecule is CC(C)NC1=CC(=O)CCC1. The number of ketones is 1.